The fourth-order valence-corrected chi connectivity index (χ4v) is 9.16. The Labute approximate surface area is 361 Å². The average molecular weight is 857 g/mol. The minimum Gasteiger partial charge on any atom is -0.492 e. The Morgan fingerprint density at radius 3 is 2.48 bits per heavy atom. The van der Waals surface area contributed by atoms with E-state index in [4.69, 9.17) is 29.0 Å². The lowest BCUT2D eigenvalue weighted by Gasteiger charge is -2.35. The smallest absolute Gasteiger partial charge is 0.408 e. The van der Waals surface area contributed by atoms with E-state index in [9.17, 15) is 24.3 Å². The number of carboxylic acids is 1. The van der Waals surface area contributed by atoms with Gasteiger partial charge in [-0.3, -0.25) is 14.5 Å². The van der Waals surface area contributed by atoms with Gasteiger partial charge < -0.3 is 44.9 Å². The number of aromatic nitrogens is 3. The number of hydrogen-bond acceptors (Lipinski definition) is 12. The molecule has 62 heavy (non-hydrogen) atoms. The summed E-state index contributed by atoms with van der Waals surface area (Å²) < 4.78 is 25.9. The van der Waals surface area contributed by atoms with Crippen molar-refractivity contribution in [3.05, 3.63) is 49.2 Å². The van der Waals surface area contributed by atoms with Gasteiger partial charge in [-0.2, -0.15) is 0 Å². The number of likely N-dealkylation sites (tertiary alicyclic amines) is 1. The number of nitrogens with zero attached hydrogens (tertiary/aromatic N) is 5. The number of carbonyl (C=O) groups excluding carboxylic acids is 3. The van der Waals surface area contributed by atoms with E-state index in [2.05, 4.69) is 27.4 Å². The van der Waals surface area contributed by atoms with Crippen molar-refractivity contribution in [1.82, 2.24) is 35.2 Å². The molecule has 7 atom stereocenters. The molecule has 17 heteroatoms. The van der Waals surface area contributed by atoms with E-state index in [-0.39, 0.29) is 31.5 Å². The van der Waals surface area contributed by atoms with Crippen LogP contribution in [0.25, 0.3) is 16.7 Å². The van der Waals surface area contributed by atoms with Crippen LogP contribution in [0.2, 0.25) is 0 Å². The number of carbonyl (C=O) groups is 4. The zero-order valence-electron chi connectivity index (χ0n) is 36.3. The predicted octanol–water partition coefficient (Wildman–Crippen LogP) is 4.39. The van der Waals surface area contributed by atoms with Crippen LogP contribution in [0.1, 0.15) is 66.7 Å². The number of amides is 3. The van der Waals surface area contributed by atoms with Gasteiger partial charge in [0.05, 0.1) is 25.3 Å². The van der Waals surface area contributed by atoms with Crippen molar-refractivity contribution in [2.24, 2.45) is 23.2 Å². The zero-order chi connectivity index (χ0) is 43.9. The van der Waals surface area contributed by atoms with Gasteiger partial charge >= 0.3 is 12.1 Å². The normalized spacial score (nSPS) is 27.3. The molecule has 1 aromatic carbocycles. The minimum absolute atomic E-state index is 0.0245. The van der Waals surface area contributed by atoms with E-state index in [0.717, 1.165) is 32.5 Å². The Morgan fingerprint density at radius 1 is 1.05 bits per heavy atom. The summed E-state index contributed by atoms with van der Waals surface area (Å²) in [6.45, 7) is 17.6. The standard InChI is InChI=1S/C45H60N8O9/c1-7-29-24-45(29,42(56)57)49-40(54)35-22-32(25-52(35)41(55)39(44(4,5)6)48-43(58)62-31-19-27-18-28(27)20-31)61-36-23-38(53-11-10-37(50-53)46-26(2)3)47-34-21-30(8-9-33(34)36)60-17-14-51-12-15-59-16-13-51/h7-11,21,23,26-29,31-32,35,39H,1,12-20,22,24-25H2,2-6H3,(H,46,50)(H,48,58)(H,49,54)(H,56,57)/t27?,28?,29?,31?,32-,35?,39?,45-/m1/s1. The molecule has 2 aromatic heterocycles. The summed E-state index contributed by atoms with van der Waals surface area (Å²) >= 11 is 0. The number of ether oxygens (including phenoxy) is 4. The maximum Gasteiger partial charge on any atom is 0.408 e. The lowest BCUT2D eigenvalue weighted by Crippen LogP contribution is -2.59. The summed E-state index contributed by atoms with van der Waals surface area (Å²) in [4.78, 5) is 63.5. The van der Waals surface area contributed by atoms with Crippen LogP contribution >= 0.6 is 0 Å². The zero-order valence-corrected chi connectivity index (χ0v) is 36.3. The third-order valence-corrected chi connectivity index (χ3v) is 12.8. The second kappa shape index (κ2) is 17.4. The second-order valence-electron chi connectivity index (χ2n) is 18.9. The van der Waals surface area contributed by atoms with Crippen molar-refractivity contribution in [1.29, 1.82) is 0 Å². The number of alkyl carbamates (subject to hydrolysis) is 1. The minimum atomic E-state index is -1.52. The lowest BCUT2D eigenvalue weighted by atomic mass is 9.85. The number of morpholine rings is 1. The number of rotatable bonds is 16. The molecule has 4 N–H and O–H groups in total. The number of nitrogens with one attached hydrogen (secondary N) is 3. The van der Waals surface area contributed by atoms with Crippen LogP contribution in [0, 0.1) is 23.2 Å². The molecule has 8 rings (SSSR count). The van der Waals surface area contributed by atoms with Gasteiger partial charge in [0.1, 0.15) is 53.8 Å². The summed E-state index contributed by atoms with van der Waals surface area (Å²) in [6.07, 6.45) is 4.77. The first-order chi connectivity index (χ1) is 29.6. The quantitative estimate of drug-likeness (QED) is 0.148. The van der Waals surface area contributed by atoms with Crippen LogP contribution in [0.5, 0.6) is 11.5 Å². The van der Waals surface area contributed by atoms with Gasteiger partial charge in [-0.05, 0) is 68.9 Å². The molecule has 17 nitrogen and oxygen atoms in total. The van der Waals surface area contributed by atoms with E-state index in [1.807, 2.05) is 58.9 Å². The molecule has 2 aliphatic heterocycles. The molecule has 0 spiro atoms. The molecule has 3 amide bonds. The molecule has 0 radical (unpaired) electrons. The third-order valence-electron chi connectivity index (χ3n) is 12.8. The van der Waals surface area contributed by atoms with Gasteiger partial charge in [0.15, 0.2) is 5.82 Å². The molecule has 2 saturated heterocycles. The van der Waals surface area contributed by atoms with Crippen LogP contribution < -0.4 is 25.4 Å². The number of carboxylic acid groups (broad SMARTS) is 1. The first kappa shape index (κ1) is 43.2. The first-order valence-corrected chi connectivity index (χ1v) is 21.9. The van der Waals surface area contributed by atoms with E-state index in [1.165, 1.54) is 17.4 Å². The SMILES string of the molecule is C=CC1C[C@]1(NC(=O)C1C[C@@H](Oc2cc(-n3ccc(NC(C)C)n3)nc3cc(OCCN4CCOCC4)ccc23)CN1C(=O)C(NC(=O)OC1CC2CC2C1)C(C)(C)C)C(=O)O. The molecular formula is C45H60N8O9. The summed E-state index contributed by atoms with van der Waals surface area (Å²) in [5, 5.41) is 24.4. The van der Waals surface area contributed by atoms with E-state index < -0.39 is 58.9 Å². The Morgan fingerprint density at radius 2 is 1.81 bits per heavy atom. The number of pyridine rings is 1. The number of fused-ring (bicyclic) bond motifs is 2. The summed E-state index contributed by atoms with van der Waals surface area (Å²) in [7, 11) is 0. The largest absolute Gasteiger partial charge is 0.492 e. The highest BCUT2D eigenvalue weighted by Gasteiger charge is 2.61. The Kier molecular flexibility index (Phi) is 12.1. The topological polar surface area (TPSA) is 199 Å². The van der Waals surface area contributed by atoms with Crippen LogP contribution in [-0.2, 0) is 23.9 Å². The van der Waals surface area contributed by atoms with E-state index in [1.54, 1.807) is 16.9 Å². The molecule has 0 bridgehead atoms. The number of anilines is 1. The van der Waals surface area contributed by atoms with Crippen molar-refractivity contribution in [3.63, 3.8) is 0 Å². The van der Waals surface area contributed by atoms with Gasteiger partial charge in [0.2, 0.25) is 11.8 Å². The van der Waals surface area contributed by atoms with Crippen molar-refractivity contribution < 1.29 is 43.2 Å². The first-order valence-electron chi connectivity index (χ1n) is 21.9. The number of aliphatic carboxylic acids is 1. The maximum atomic E-state index is 14.8. The molecule has 3 aliphatic carbocycles. The van der Waals surface area contributed by atoms with Gasteiger partial charge in [-0.25, -0.2) is 19.3 Å². The number of benzene rings is 1. The molecule has 4 heterocycles. The summed E-state index contributed by atoms with van der Waals surface area (Å²) in [5.41, 5.74) is -1.73. The average Bonchev–Trinajstić information content (AvgIpc) is 3.89. The summed E-state index contributed by atoms with van der Waals surface area (Å²) in [5.74, 6) is 0.645. The molecular weight excluding hydrogens is 797 g/mol. The lowest BCUT2D eigenvalue weighted by molar-refractivity contribution is -0.146. The van der Waals surface area contributed by atoms with Crippen molar-refractivity contribution >= 4 is 40.6 Å². The van der Waals surface area contributed by atoms with E-state index in [0.29, 0.717) is 65.7 Å². The fourth-order valence-electron chi connectivity index (χ4n) is 9.16. The third kappa shape index (κ3) is 9.48. The maximum absolute atomic E-state index is 14.8. The van der Waals surface area contributed by atoms with Gasteiger partial charge in [0.25, 0.3) is 0 Å². The fraction of sp³-hybridized carbons (Fsp3) is 0.600. The van der Waals surface area contributed by atoms with Crippen molar-refractivity contribution in [3.8, 4) is 17.3 Å². The van der Waals surface area contributed by atoms with Crippen molar-refractivity contribution in [2.75, 3.05) is 51.3 Å². The highest BCUT2D eigenvalue weighted by atomic mass is 16.6. The molecule has 5 fully saturated rings. The van der Waals surface area contributed by atoms with E-state index >= 15 is 0 Å². The van der Waals surface area contributed by atoms with Crippen LogP contribution in [0.3, 0.4) is 0 Å². The second-order valence-corrected chi connectivity index (χ2v) is 18.9. The van der Waals surface area contributed by atoms with Crippen LogP contribution in [0.4, 0.5) is 10.6 Å². The van der Waals surface area contributed by atoms with Crippen LogP contribution in [0.15, 0.2) is 49.2 Å². The van der Waals surface area contributed by atoms with Gasteiger partial charge in [-0.15, -0.1) is 11.7 Å². The van der Waals surface area contributed by atoms with Gasteiger partial charge in [0, 0.05) is 67.8 Å². The Balaban J connectivity index is 1.07. The van der Waals surface area contributed by atoms with Crippen molar-refractivity contribution in [2.45, 2.75) is 103 Å². The number of hydrogen-bond donors (Lipinski definition) is 4. The monoisotopic (exact) mass is 856 g/mol. The molecule has 3 aromatic rings. The molecule has 5 aliphatic rings. The van der Waals surface area contributed by atoms with Gasteiger partial charge in [-0.1, -0.05) is 26.8 Å². The Hall–Kier alpha value is -5.42. The molecule has 3 saturated carbocycles. The summed E-state index contributed by atoms with van der Waals surface area (Å²) in [6, 6.07) is 7.18. The highest BCUT2D eigenvalue weighted by molar-refractivity contribution is 5.96. The molecule has 5 unspecified atom stereocenters. The van der Waals surface area contributed by atoms with Crippen LogP contribution in [-0.4, -0.2) is 135 Å². The highest BCUT2D eigenvalue weighted by Crippen LogP contribution is 2.52. The predicted molar refractivity (Wildman–Crippen MR) is 229 cm³/mol. The molecule has 334 valence electrons. The Bertz CT molecular complexity index is 2170.